The highest BCUT2D eigenvalue weighted by Crippen LogP contribution is 2.17. The molecular weight excluding hydrogens is 220 g/mol. The molecule has 3 atom stereocenters. The lowest BCUT2D eigenvalue weighted by molar-refractivity contribution is -0.144. The molecule has 1 fully saturated rings. The van der Waals surface area contributed by atoms with Crippen molar-refractivity contribution in [2.75, 3.05) is 13.1 Å². The minimum Gasteiger partial charge on any atom is -0.480 e. The van der Waals surface area contributed by atoms with Crippen molar-refractivity contribution in [3.63, 3.8) is 0 Å². The number of carboxylic acid groups (broad SMARTS) is 1. The molecule has 0 aromatic rings. The van der Waals surface area contributed by atoms with Crippen molar-refractivity contribution in [2.45, 2.75) is 33.2 Å². The predicted octanol–water partition coefficient (Wildman–Crippen LogP) is 0.457. The molecule has 0 aliphatic carbocycles. The van der Waals surface area contributed by atoms with Gasteiger partial charge in [-0.05, 0) is 24.9 Å². The number of hydrogen-bond acceptors (Lipinski definition) is 3. The summed E-state index contributed by atoms with van der Waals surface area (Å²) >= 11 is 0. The zero-order valence-electron chi connectivity index (χ0n) is 10.7. The second-order valence-corrected chi connectivity index (χ2v) is 4.92. The van der Waals surface area contributed by atoms with Crippen LogP contribution in [0.1, 0.15) is 27.2 Å². The van der Waals surface area contributed by atoms with Gasteiger partial charge in [-0.1, -0.05) is 27.2 Å². The molecule has 98 valence electrons. The van der Waals surface area contributed by atoms with E-state index >= 15 is 0 Å². The Bertz CT molecular complexity index is 289. The molecule has 0 radical (unpaired) electrons. The van der Waals surface area contributed by atoms with Crippen molar-refractivity contribution in [3.05, 3.63) is 0 Å². The fourth-order valence-corrected chi connectivity index (χ4v) is 1.85. The lowest BCUT2D eigenvalue weighted by Crippen LogP contribution is -2.53. The van der Waals surface area contributed by atoms with E-state index in [0.717, 1.165) is 19.5 Å². The summed E-state index contributed by atoms with van der Waals surface area (Å²) in [6.07, 6.45) is 0.733. The Labute approximate surface area is 102 Å². The van der Waals surface area contributed by atoms with Crippen molar-refractivity contribution in [2.24, 2.45) is 17.8 Å². The Morgan fingerprint density at radius 2 is 2.00 bits per heavy atom. The third-order valence-corrected chi connectivity index (χ3v) is 3.71. The molecule has 2 unspecified atom stereocenters. The molecule has 17 heavy (non-hydrogen) atoms. The van der Waals surface area contributed by atoms with Crippen LogP contribution in [0.2, 0.25) is 0 Å². The number of hydrogen-bond donors (Lipinski definition) is 3. The summed E-state index contributed by atoms with van der Waals surface area (Å²) in [6.45, 7) is 7.31. The van der Waals surface area contributed by atoms with Gasteiger partial charge in [-0.25, -0.2) is 4.79 Å². The van der Waals surface area contributed by atoms with Gasteiger partial charge in [-0.2, -0.15) is 0 Å². The average Bonchev–Trinajstić information content (AvgIpc) is 2.21. The zero-order valence-corrected chi connectivity index (χ0v) is 10.7. The van der Waals surface area contributed by atoms with E-state index in [2.05, 4.69) is 10.6 Å². The summed E-state index contributed by atoms with van der Waals surface area (Å²) in [5.41, 5.74) is 0. The number of carboxylic acids is 1. The van der Waals surface area contributed by atoms with Gasteiger partial charge in [0.15, 0.2) is 0 Å². The predicted molar refractivity (Wildman–Crippen MR) is 64.5 cm³/mol. The smallest absolute Gasteiger partial charge is 0.326 e. The number of amides is 1. The van der Waals surface area contributed by atoms with Crippen LogP contribution in [0.4, 0.5) is 0 Å². The zero-order chi connectivity index (χ0) is 13.0. The van der Waals surface area contributed by atoms with Crippen molar-refractivity contribution >= 4 is 11.9 Å². The quantitative estimate of drug-likeness (QED) is 0.632. The van der Waals surface area contributed by atoms with Crippen LogP contribution in [0.15, 0.2) is 0 Å². The van der Waals surface area contributed by atoms with E-state index in [1.54, 1.807) is 0 Å². The first-order valence-electron chi connectivity index (χ1n) is 6.21. The van der Waals surface area contributed by atoms with Gasteiger partial charge in [0.05, 0.1) is 0 Å². The SMILES string of the molecule is CCC(C)[C@H](NC(=O)C(C)C1CNC1)C(=O)O. The van der Waals surface area contributed by atoms with Crippen LogP contribution in [0.3, 0.4) is 0 Å². The number of nitrogens with one attached hydrogen (secondary N) is 2. The fourth-order valence-electron chi connectivity index (χ4n) is 1.85. The first-order valence-corrected chi connectivity index (χ1v) is 6.21. The van der Waals surface area contributed by atoms with E-state index < -0.39 is 12.0 Å². The van der Waals surface area contributed by atoms with E-state index in [0.29, 0.717) is 5.92 Å². The van der Waals surface area contributed by atoms with E-state index in [1.165, 1.54) is 0 Å². The van der Waals surface area contributed by atoms with Crippen molar-refractivity contribution < 1.29 is 14.7 Å². The van der Waals surface area contributed by atoms with Crippen LogP contribution in [-0.4, -0.2) is 36.1 Å². The minimum atomic E-state index is -0.952. The van der Waals surface area contributed by atoms with Crippen molar-refractivity contribution in [1.29, 1.82) is 0 Å². The van der Waals surface area contributed by atoms with Crippen molar-refractivity contribution in [3.8, 4) is 0 Å². The average molecular weight is 242 g/mol. The Kier molecular flexibility index (Phi) is 4.93. The molecular formula is C12H22N2O3. The van der Waals surface area contributed by atoms with Gasteiger partial charge >= 0.3 is 5.97 Å². The maximum Gasteiger partial charge on any atom is 0.326 e. The maximum absolute atomic E-state index is 11.9. The van der Waals surface area contributed by atoms with Crippen LogP contribution in [0, 0.1) is 17.8 Å². The van der Waals surface area contributed by atoms with Crippen LogP contribution in [0.5, 0.6) is 0 Å². The van der Waals surface area contributed by atoms with Crippen molar-refractivity contribution in [1.82, 2.24) is 10.6 Å². The monoisotopic (exact) mass is 242 g/mol. The molecule has 1 aliphatic rings. The van der Waals surface area contributed by atoms with Crippen LogP contribution < -0.4 is 10.6 Å². The second-order valence-electron chi connectivity index (χ2n) is 4.92. The third kappa shape index (κ3) is 3.43. The minimum absolute atomic E-state index is 0.0526. The molecule has 5 nitrogen and oxygen atoms in total. The lowest BCUT2D eigenvalue weighted by Gasteiger charge is -2.32. The molecule has 0 saturated carbocycles. The number of carbonyl (C=O) groups excluding carboxylic acids is 1. The van der Waals surface area contributed by atoms with Gasteiger partial charge in [0.1, 0.15) is 6.04 Å². The summed E-state index contributed by atoms with van der Waals surface area (Å²) in [5, 5.41) is 14.8. The number of rotatable bonds is 6. The lowest BCUT2D eigenvalue weighted by atomic mass is 9.87. The summed E-state index contributed by atoms with van der Waals surface area (Å²) in [5.74, 6) is -0.942. The maximum atomic E-state index is 11.9. The van der Waals surface area contributed by atoms with Gasteiger partial charge in [0.25, 0.3) is 0 Å². The Hall–Kier alpha value is -1.10. The normalized spacial score (nSPS) is 21.1. The van der Waals surface area contributed by atoms with Gasteiger partial charge in [-0.3, -0.25) is 4.79 Å². The first kappa shape index (κ1) is 14.0. The Morgan fingerprint density at radius 1 is 1.41 bits per heavy atom. The highest BCUT2D eigenvalue weighted by atomic mass is 16.4. The van der Waals surface area contributed by atoms with Crippen LogP contribution in [0.25, 0.3) is 0 Å². The summed E-state index contributed by atoms with van der Waals surface area (Å²) in [7, 11) is 0. The topological polar surface area (TPSA) is 78.4 Å². The van der Waals surface area contributed by atoms with Crippen LogP contribution >= 0.6 is 0 Å². The highest BCUT2D eigenvalue weighted by molar-refractivity contribution is 5.85. The molecule has 1 saturated heterocycles. The van der Waals surface area contributed by atoms with Gasteiger partial charge < -0.3 is 15.7 Å². The molecule has 0 bridgehead atoms. The molecule has 0 spiro atoms. The largest absolute Gasteiger partial charge is 0.480 e. The molecule has 1 aliphatic heterocycles. The van der Waals surface area contributed by atoms with Crippen LogP contribution in [-0.2, 0) is 9.59 Å². The molecule has 0 aromatic heterocycles. The van der Waals surface area contributed by atoms with E-state index in [9.17, 15) is 9.59 Å². The van der Waals surface area contributed by atoms with E-state index in [-0.39, 0.29) is 17.7 Å². The summed E-state index contributed by atoms with van der Waals surface area (Å²) in [4.78, 5) is 23.0. The molecule has 5 heteroatoms. The number of aliphatic carboxylic acids is 1. The third-order valence-electron chi connectivity index (χ3n) is 3.71. The Balaban J connectivity index is 2.53. The molecule has 1 heterocycles. The highest BCUT2D eigenvalue weighted by Gasteiger charge is 2.32. The second kappa shape index (κ2) is 6.00. The van der Waals surface area contributed by atoms with Gasteiger partial charge in [0, 0.05) is 5.92 Å². The molecule has 1 amide bonds. The van der Waals surface area contributed by atoms with E-state index in [4.69, 9.17) is 5.11 Å². The molecule has 1 rings (SSSR count). The summed E-state index contributed by atoms with van der Waals surface area (Å²) < 4.78 is 0. The fraction of sp³-hybridized carbons (Fsp3) is 0.833. The Morgan fingerprint density at radius 3 is 2.35 bits per heavy atom. The van der Waals surface area contributed by atoms with E-state index in [1.807, 2.05) is 20.8 Å². The van der Waals surface area contributed by atoms with Gasteiger partial charge in [-0.15, -0.1) is 0 Å². The van der Waals surface area contributed by atoms with Gasteiger partial charge in [0.2, 0.25) is 5.91 Å². The first-order chi connectivity index (χ1) is 7.97. The molecule has 3 N–H and O–H groups in total. The summed E-state index contributed by atoms with van der Waals surface area (Å²) in [6, 6.07) is -0.775. The standard InChI is InChI=1S/C12H22N2O3/c1-4-7(2)10(12(16)17)14-11(15)8(3)9-5-13-6-9/h7-10,13H,4-6H2,1-3H3,(H,14,15)(H,16,17)/t7?,8?,10-/m0/s1. The molecule has 0 aromatic carbocycles. The number of carbonyl (C=O) groups is 2.